The van der Waals surface area contributed by atoms with Gasteiger partial charge in [0, 0.05) is 17.8 Å². The third-order valence-electron chi connectivity index (χ3n) is 4.29. The number of benzene rings is 1. The topological polar surface area (TPSA) is 41.6 Å². The van der Waals surface area contributed by atoms with Gasteiger partial charge in [0.1, 0.15) is 11.8 Å². The average molecular weight is 290 g/mol. The van der Waals surface area contributed by atoms with E-state index in [9.17, 15) is 4.79 Å². The summed E-state index contributed by atoms with van der Waals surface area (Å²) in [6, 6.07) is 8.11. The minimum Gasteiger partial charge on any atom is -0.497 e. The lowest BCUT2D eigenvalue weighted by Crippen LogP contribution is -2.52. The number of anilines is 1. The number of rotatable bonds is 4. The lowest BCUT2D eigenvalue weighted by molar-refractivity contribution is -0.137. The maximum Gasteiger partial charge on any atom is 0.245 e. The van der Waals surface area contributed by atoms with Crippen LogP contribution in [0.5, 0.6) is 5.75 Å². The summed E-state index contributed by atoms with van der Waals surface area (Å²) < 4.78 is 5.14. The van der Waals surface area contributed by atoms with Gasteiger partial charge in [0.2, 0.25) is 5.91 Å². The zero-order chi connectivity index (χ0) is 15.4. The predicted molar refractivity (Wildman–Crippen MR) is 85.7 cm³/mol. The van der Waals surface area contributed by atoms with Crippen LogP contribution >= 0.6 is 0 Å². The number of carbonyl (C=O) groups is 1. The maximum absolute atomic E-state index is 12.7. The fraction of sp³-hybridized carbons (Fsp3) is 0.588. The lowest BCUT2D eigenvalue weighted by atomic mass is 9.96. The number of piperidine rings is 1. The number of ether oxygens (including phenoxy) is 1. The van der Waals surface area contributed by atoms with Gasteiger partial charge >= 0.3 is 0 Å². The van der Waals surface area contributed by atoms with Crippen molar-refractivity contribution >= 4 is 11.6 Å². The SMILES string of the molecule is COc1ccc(N[C@H](C)C(=O)N2[C@H](C)CCC[C@@H]2C)cc1. The highest BCUT2D eigenvalue weighted by molar-refractivity contribution is 5.85. The van der Waals surface area contributed by atoms with E-state index in [4.69, 9.17) is 4.74 Å². The molecule has 1 aromatic rings. The summed E-state index contributed by atoms with van der Waals surface area (Å²) in [6.45, 7) is 6.22. The molecule has 116 valence electrons. The Morgan fingerprint density at radius 2 is 1.81 bits per heavy atom. The molecule has 1 aliphatic heterocycles. The first kappa shape index (κ1) is 15.7. The van der Waals surface area contributed by atoms with Crippen molar-refractivity contribution in [2.24, 2.45) is 0 Å². The van der Waals surface area contributed by atoms with Crippen molar-refractivity contribution in [2.45, 2.75) is 58.2 Å². The Morgan fingerprint density at radius 3 is 2.33 bits per heavy atom. The van der Waals surface area contributed by atoms with Crippen LogP contribution in [0.15, 0.2) is 24.3 Å². The van der Waals surface area contributed by atoms with Crippen molar-refractivity contribution in [1.82, 2.24) is 4.90 Å². The Labute approximate surface area is 127 Å². The molecule has 1 fully saturated rings. The van der Waals surface area contributed by atoms with Crippen LogP contribution in [0.3, 0.4) is 0 Å². The molecule has 3 atom stereocenters. The number of hydrogen-bond acceptors (Lipinski definition) is 3. The summed E-state index contributed by atoms with van der Waals surface area (Å²) in [6.07, 6.45) is 3.42. The molecule has 4 nitrogen and oxygen atoms in total. The van der Waals surface area contributed by atoms with Crippen LogP contribution in [0.1, 0.15) is 40.0 Å². The minimum atomic E-state index is -0.221. The molecular formula is C17H26N2O2. The van der Waals surface area contributed by atoms with Crippen molar-refractivity contribution in [1.29, 1.82) is 0 Å². The van der Waals surface area contributed by atoms with Gasteiger partial charge in [-0.25, -0.2) is 0 Å². The van der Waals surface area contributed by atoms with Crippen LogP contribution < -0.4 is 10.1 Å². The van der Waals surface area contributed by atoms with E-state index in [-0.39, 0.29) is 11.9 Å². The number of likely N-dealkylation sites (tertiary alicyclic amines) is 1. The summed E-state index contributed by atoms with van der Waals surface area (Å²) in [5, 5.41) is 3.28. The molecule has 0 radical (unpaired) electrons. The highest BCUT2D eigenvalue weighted by atomic mass is 16.5. The number of nitrogens with one attached hydrogen (secondary N) is 1. The summed E-state index contributed by atoms with van der Waals surface area (Å²) in [4.78, 5) is 14.7. The monoisotopic (exact) mass is 290 g/mol. The van der Waals surface area contributed by atoms with Gasteiger partial charge in [0.25, 0.3) is 0 Å². The van der Waals surface area contributed by atoms with Gasteiger partial charge < -0.3 is 15.0 Å². The van der Waals surface area contributed by atoms with E-state index in [1.807, 2.05) is 36.1 Å². The van der Waals surface area contributed by atoms with Gasteiger partial charge in [-0.1, -0.05) is 0 Å². The lowest BCUT2D eigenvalue weighted by Gasteiger charge is -2.40. The van der Waals surface area contributed by atoms with Crippen molar-refractivity contribution in [3.8, 4) is 5.75 Å². The molecule has 1 saturated heterocycles. The number of carbonyl (C=O) groups excluding carboxylic acids is 1. The fourth-order valence-corrected chi connectivity index (χ4v) is 3.08. The number of nitrogens with zero attached hydrogens (tertiary/aromatic N) is 1. The summed E-state index contributed by atoms with van der Waals surface area (Å²) in [5.74, 6) is 1.00. The molecule has 0 saturated carbocycles. The molecule has 2 rings (SSSR count). The first-order valence-electron chi connectivity index (χ1n) is 7.75. The van der Waals surface area contributed by atoms with Crippen molar-refractivity contribution in [2.75, 3.05) is 12.4 Å². The van der Waals surface area contributed by atoms with E-state index in [2.05, 4.69) is 19.2 Å². The van der Waals surface area contributed by atoms with Gasteiger partial charge in [-0.05, 0) is 64.3 Å². The van der Waals surface area contributed by atoms with E-state index in [1.165, 1.54) is 6.42 Å². The normalized spacial score (nSPS) is 23.5. The zero-order valence-corrected chi connectivity index (χ0v) is 13.4. The van der Waals surface area contributed by atoms with Crippen LogP contribution in [0, 0.1) is 0 Å². The third kappa shape index (κ3) is 3.69. The van der Waals surface area contributed by atoms with Gasteiger partial charge in [-0.15, -0.1) is 0 Å². The molecule has 0 spiro atoms. The molecule has 21 heavy (non-hydrogen) atoms. The van der Waals surface area contributed by atoms with Crippen molar-refractivity contribution < 1.29 is 9.53 Å². The highest BCUT2D eigenvalue weighted by Crippen LogP contribution is 2.24. The first-order chi connectivity index (χ1) is 10.0. The molecule has 1 aliphatic rings. The average Bonchev–Trinajstić information content (AvgIpc) is 2.47. The predicted octanol–water partition coefficient (Wildman–Crippen LogP) is 3.29. The van der Waals surface area contributed by atoms with Gasteiger partial charge in [-0.2, -0.15) is 0 Å². The van der Waals surface area contributed by atoms with Crippen LogP contribution in [-0.4, -0.2) is 36.0 Å². The van der Waals surface area contributed by atoms with E-state index in [1.54, 1.807) is 7.11 Å². The van der Waals surface area contributed by atoms with Crippen molar-refractivity contribution in [3.05, 3.63) is 24.3 Å². The summed E-state index contributed by atoms with van der Waals surface area (Å²) in [7, 11) is 1.65. The minimum absolute atomic E-state index is 0.186. The van der Waals surface area contributed by atoms with Gasteiger partial charge in [0.05, 0.1) is 7.11 Å². The Morgan fingerprint density at radius 1 is 1.24 bits per heavy atom. The second-order valence-corrected chi connectivity index (χ2v) is 5.97. The quantitative estimate of drug-likeness (QED) is 0.925. The van der Waals surface area contributed by atoms with Gasteiger partial charge in [-0.3, -0.25) is 4.79 Å². The largest absolute Gasteiger partial charge is 0.497 e. The van der Waals surface area contributed by atoms with Crippen LogP contribution in [0.2, 0.25) is 0 Å². The van der Waals surface area contributed by atoms with Crippen molar-refractivity contribution in [3.63, 3.8) is 0 Å². The molecular weight excluding hydrogens is 264 g/mol. The maximum atomic E-state index is 12.7. The third-order valence-corrected chi connectivity index (χ3v) is 4.29. The number of hydrogen-bond donors (Lipinski definition) is 1. The van der Waals surface area contributed by atoms with E-state index in [0.29, 0.717) is 12.1 Å². The molecule has 0 aliphatic carbocycles. The van der Waals surface area contributed by atoms with E-state index < -0.39 is 0 Å². The molecule has 0 unspecified atom stereocenters. The first-order valence-corrected chi connectivity index (χ1v) is 7.75. The second kappa shape index (κ2) is 6.83. The van der Waals surface area contributed by atoms with Gasteiger partial charge in [0.15, 0.2) is 0 Å². The Hall–Kier alpha value is -1.71. The van der Waals surface area contributed by atoms with Crippen LogP contribution in [0.25, 0.3) is 0 Å². The Bertz CT molecular complexity index is 462. The zero-order valence-electron chi connectivity index (χ0n) is 13.4. The Balaban J connectivity index is 2.01. The molecule has 4 heteroatoms. The number of amides is 1. The molecule has 1 amide bonds. The van der Waals surface area contributed by atoms with Crippen LogP contribution in [0.4, 0.5) is 5.69 Å². The van der Waals surface area contributed by atoms with E-state index >= 15 is 0 Å². The Kier molecular flexibility index (Phi) is 5.10. The molecule has 1 heterocycles. The highest BCUT2D eigenvalue weighted by Gasteiger charge is 2.31. The van der Waals surface area contributed by atoms with Crippen LogP contribution in [-0.2, 0) is 4.79 Å². The molecule has 1 aromatic carbocycles. The number of methoxy groups -OCH3 is 1. The van der Waals surface area contributed by atoms with E-state index in [0.717, 1.165) is 24.3 Å². The second-order valence-electron chi connectivity index (χ2n) is 5.97. The molecule has 0 aromatic heterocycles. The molecule has 1 N–H and O–H groups in total. The fourth-order valence-electron chi connectivity index (χ4n) is 3.08. The molecule has 0 bridgehead atoms. The summed E-state index contributed by atoms with van der Waals surface area (Å²) in [5.41, 5.74) is 0.939. The smallest absolute Gasteiger partial charge is 0.245 e. The standard InChI is InChI=1S/C17H26N2O2/c1-12-6-5-7-13(2)19(12)17(20)14(3)18-15-8-10-16(21-4)11-9-15/h8-14,18H,5-7H2,1-4H3/t12-,13+,14-/m1/s1. The summed E-state index contributed by atoms with van der Waals surface area (Å²) >= 11 is 0.